The van der Waals surface area contributed by atoms with Crippen molar-refractivity contribution >= 4 is 0 Å². The van der Waals surface area contributed by atoms with Gasteiger partial charge in [-0.05, 0) is 51.4 Å². The van der Waals surface area contributed by atoms with Gasteiger partial charge in [0.1, 0.15) is 0 Å². The van der Waals surface area contributed by atoms with Gasteiger partial charge in [0, 0.05) is 0 Å². The molecular formula is C28H54. The summed E-state index contributed by atoms with van der Waals surface area (Å²) in [5.74, 6) is 0. The normalized spacial score (nSPS) is 11.9. The van der Waals surface area contributed by atoms with E-state index in [0.29, 0.717) is 0 Å². The highest BCUT2D eigenvalue weighted by Crippen LogP contribution is 2.12. The van der Waals surface area contributed by atoms with Crippen LogP contribution in [-0.4, -0.2) is 0 Å². The van der Waals surface area contributed by atoms with Gasteiger partial charge >= 0.3 is 0 Å². The maximum absolute atomic E-state index is 2.43. The molecule has 0 spiro atoms. The van der Waals surface area contributed by atoms with Crippen LogP contribution in [0.1, 0.15) is 155 Å². The quantitative estimate of drug-likeness (QED) is 0.120. The van der Waals surface area contributed by atoms with Gasteiger partial charge in [-0.1, -0.05) is 128 Å². The van der Waals surface area contributed by atoms with Crippen LogP contribution in [0.4, 0.5) is 0 Å². The van der Waals surface area contributed by atoms with Crippen molar-refractivity contribution < 1.29 is 0 Å². The summed E-state index contributed by atoms with van der Waals surface area (Å²) in [6.07, 6.45) is 40.4. The predicted molar refractivity (Wildman–Crippen MR) is 131 cm³/mol. The maximum atomic E-state index is 2.43. The third-order valence-corrected chi connectivity index (χ3v) is 5.77. The highest BCUT2D eigenvalue weighted by atomic mass is 14.0. The third kappa shape index (κ3) is 25.5. The van der Waals surface area contributed by atoms with E-state index in [2.05, 4.69) is 38.2 Å². The fourth-order valence-electron chi connectivity index (χ4n) is 3.79. The van der Waals surface area contributed by atoms with Gasteiger partial charge in [0.05, 0.1) is 0 Å². The van der Waals surface area contributed by atoms with Crippen molar-refractivity contribution in [1.82, 2.24) is 0 Å². The number of hydrogen-bond donors (Lipinski definition) is 0. The standard InChI is InChI=1S/C28H54/c1-3-5-7-9-11-13-15-17-19-21-23-25-27-28-26-24-22-20-18-16-14-12-10-8-6-4-2/h15-18H,3-14,19-28H2,1-2H3/b17-15+,18-16+. The average Bonchev–Trinajstić information content (AvgIpc) is 2.71. The Morgan fingerprint density at radius 3 is 0.750 bits per heavy atom. The Hall–Kier alpha value is -0.520. The SMILES string of the molecule is CCCCCCC/C=C/CCCCCCCCCC/C=C/CCCCCCC. The summed E-state index contributed by atoms with van der Waals surface area (Å²) in [6.45, 7) is 4.58. The van der Waals surface area contributed by atoms with Crippen LogP contribution in [0.5, 0.6) is 0 Å². The van der Waals surface area contributed by atoms with Gasteiger partial charge in [0.15, 0.2) is 0 Å². The average molecular weight is 391 g/mol. The Morgan fingerprint density at radius 1 is 0.286 bits per heavy atom. The molecule has 0 aromatic carbocycles. The molecule has 0 bridgehead atoms. The first-order chi connectivity index (χ1) is 13.9. The van der Waals surface area contributed by atoms with E-state index in [-0.39, 0.29) is 0 Å². The number of hydrogen-bond acceptors (Lipinski definition) is 0. The summed E-state index contributed by atoms with van der Waals surface area (Å²) >= 11 is 0. The first kappa shape index (κ1) is 27.5. The fourth-order valence-corrected chi connectivity index (χ4v) is 3.79. The summed E-state index contributed by atoms with van der Waals surface area (Å²) in [4.78, 5) is 0. The van der Waals surface area contributed by atoms with Crippen LogP contribution in [0.3, 0.4) is 0 Å². The van der Waals surface area contributed by atoms with E-state index >= 15 is 0 Å². The first-order valence-electron chi connectivity index (χ1n) is 13.2. The van der Waals surface area contributed by atoms with E-state index in [9.17, 15) is 0 Å². The smallest absolute Gasteiger partial charge is 0.0351 e. The zero-order valence-corrected chi connectivity index (χ0v) is 19.9. The van der Waals surface area contributed by atoms with Crippen LogP contribution in [0, 0.1) is 0 Å². The van der Waals surface area contributed by atoms with E-state index in [1.165, 1.54) is 141 Å². The molecular weight excluding hydrogens is 336 g/mol. The third-order valence-electron chi connectivity index (χ3n) is 5.77. The Kier molecular flexibility index (Phi) is 26.0. The van der Waals surface area contributed by atoms with E-state index in [1.807, 2.05) is 0 Å². The number of rotatable bonds is 23. The molecule has 0 saturated carbocycles. The lowest BCUT2D eigenvalue weighted by Crippen LogP contribution is -1.81. The molecule has 0 aliphatic heterocycles. The van der Waals surface area contributed by atoms with Crippen molar-refractivity contribution in [2.24, 2.45) is 0 Å². The van der Waals surface area contributed by atoms with Crippen molar-refractivity contribution in [2.45, 2.75) is 155 Å². The van der Waals surface area contributed by atoms with E-state index in [0.717, 1.165) is 0 Å². The lowest BCUT2D eigenvalue weighted by atomic mass is 10.1. The van der Waals surface area contributed by atoms with Crippen molar-refractivity contribution in [3.63, 3.8) is 0 Å². The molecule has 0 aliphatic carbocycles. The highest BCUT2D eigenvalue weighted by molar-refractivity contribution is 4.82. The fraction of sp³-hybridized carbons (Fsp3) is 0.857. The molecule has 0 saturated heterocycles. The molecule has 0 rings (SSSR count). The minimum Gasteiger partial charge on any atom is -0.0885 e. The summed E-state index contributed by atoms with van der Waals surface area (Å²) in [7, 11) is 0. The molecule has 0 N–H and O–H groups in total. The summed E-state index contributed by atoms with van der Waals surface area (Å²) in [5.41, 5.74) is 0. The van der Waals surface area contributed by atoms with Gasteiger partial charge in [0.25, 0.3) is 0 Å². The van der Waals surface area contributed by atoms with Gasteiger partial charge in [0.2, 0.25) is 0 Å². The monoisotopic (exact) mass is 390 g/mol. The predicted octanol–water partition coefficient (Wildman–Crippen LogP) is 10.7. The molecule has 0 aliphatic rings. The Morgan fingerprint density at radius 2 is 0.500 bits per heavy atom. The van der Waals surface area contributed by atoms with Gasteiger partial charge in [-0.15, -0.1) is 0 Å². The van der Waals surface area contributed by atoms with Crippen LogP contribution in [0.15, 0.2) is 24.3 Å². The lowest BCUT2D eigenvalue weighted by Gasteiger charge is -2.01. The molecule has 0 atom stereocenters. The van der Waals surface area contributed by atoms with Gasteiger partial charge in [-0.25, -0.2) is 0 Å². The van der Waals surface area contributed by atoms with Crippen molar-refractivity contribution in [1.29, 1.82) is 0 Å². The van der Waals surface area contributed by atoms with Crippen LogP contribution in [0.25, 0.3) is 0 Å². The molecule has 0 radical (unpaired) electrons. The first-order valence-corrected chi connectivity index (χ1v) is 13.2. The number of allylic oxidation sites excluding steroid dienone is 4. The van der Waals surface area contributed by atoms with Crippen molar-refractivity contribution in [3.8, 4) is 0 Å². The molecule has 0 aromatic heterocycles. The molecule has 0 amide bonds. The van der Waals surface area contributed by atoms with Crippen molar-refractivity contribution in [3.05, 3.63) is 24.3 Å². The minimum absolute atomic E-state index is 1.30. The Labute approximate surface area is 179 Å². The topological polar surface area (TPSA) is 0 Å². The summed E-state index contributed by atoms with van der Waals surface area (Å²) < 4.78 is 0. The molecule has 166 valence electrons. The minimum atomic E-state index is 1.30. The number of unbranched alkanes of at least 4 members (excludes halogenated alkanes) is 19. The van der Waals surface area contributed by atoms with Gasteiger partial charge < -0.3 is 0 Å². The molecule has 0 heteroatoms. The zero-order chi connectivity index (χ0) is 20.4. The summed E-state index contributed by atoms with van der Waals surface area (Å²) in [5, 5.41) is 0. The van der Waals surface area contributed by atoms with E-state index < -0.39 is 0 Å². The van der Waals surface area contributed by atoms with E-state index in [4.69, 9.17) is 0 Å². The van der Waals surface area contributed by atoms with Gasteiger partial charge in [-0.3, -0.25) is 0 Å². The molecule has 0 fully saturated rings. The summed E-state index contributed by atoms with van der Waals surface area (Å²) in [6, 6.07) is 0. The zero-order valence-electron chi connectivity index (χ0n) is 19.9. The van der Waals surface area contributed by atoms with Crippen LogP contribution >= 0.6 is 0 Å². The Balaban J connectivity index is 3.10. The molecule has 0 unspecified atom stereocenters. The molecule has 0 nitrogen and oxygen atoms in total. The van der Waals surface area contributed by atoms with Crippen LogP contribution in [0.2, 0.25) is 0 Å². The van der Waals surface area contributed by atoms with Crippen molar-refractivity contribution in [2.75, 3.05) is 0 Å². The van der Waals surface area contributed by atoms with Crippen LogP contribution in [-0.2, 0) is 0 Å². The second kappa shape index (κ2) is 26.5. The second-order valence-electron chi connectivity index (χ2n) is 8.75. The van der Waals surface area contributed by atoms with E-state index in [1.54, 1.807) is 0 Å². The molecule has 28 heavy (non-hydrogen) atoms. The highest BCUT2D eigenvalue weighted by Gasteiger charge is 1.92. The largest absolute Gasteiger partial charge is 0.0885 e. The lowest BCUT2D eigenvalue weighted by molar-refractivity contribution is 0.570. The van der Waals surface area contributed by atoms with Crippen LogP contribution < -0.4 is 0 Å². The molecule has 0 heterocycles. The second-order valence-corrected chi connectivity index (χ2v) is 8.75. The molecule has 0 aromatic rings. The Bertz CT molecular complexity index is 280. The maximum Gasteiger partial charge on any atom is -0.0351 e. The van der Waals surface area contributed by atoms with Gasteiger partial charge in [-0.2, -0.15) is 0 Å².